The van der Waals surface area contributed by atoms with Crippen LogP contribution < -0.4 is 20.7 Å². The fraction of sp³-hybridized carbons (Fsp3) is 0.875. The van der Waals surface area contributed by atoms with Gasteiger partial charge in [0.15, 0.2) is 0 Å². The molecule has 0 aromatic heterocycles. The molecule has 0 aromatic carbocycles. The van der Waals surface area contributed by atoms with E-state index in [9.17, 15) is 18.0 Å². The standard InChI is InChI=1S/C16H30N4O7S/c1-25-12-8-13(26-2)18-15(17-12)19-16(22)20-28(23,24)9-10-6-4-5-7-11(10)14(21)27-3/h10-13,15,17-18H,4-9H2,1-3H3,(H2,19,20,22). The number of carbonyl (C=O) groups is 2. The van der Waals surface area contributed by atoms with Crippen molar-refractivity contribution in [2.24, 2.45) is 11.8 Å². The SMILES string of the molecule is COC(=O)C1CCCCC1CS(=O)(=O)NC(=O)NC1NC(OC)CC(OC)N1. The Balaban J connectivity index is 1.91. The molecule has 4 unspecified atom stereocenters. The summed E-state index contributed by atoms with van der Waals surface area (Å²) in [5.74, 6) is -1.57. The average molecular weight is 423 g/mol. The summed E-state index contributed by atoms with van der Waals surface area (Å²) in [6.45, 7) is 0. The van der Waals surface area contributed by atoms with Crippen LogP contribution in [0, 0.1) is 11.8 Å². The summed E-state index contributed by atoms with van der Waals surface area (Å²) >= 11 is 0. The van der Waals surface area contributed by atoms with E-state index >= 15 is 0 Å². The molecule has 2 amide bonds. The third-order valence-electron chi connectivity index (χ3n) is 5.07. The molecule has 4 N–H and O–H groups in total. The van der Waals surface area contributed by atoms with Crippen LogP contribution in [-0.2, 0) is 29.0 Å². The zero-order valence-corrected chi connectivity index (χ0v) is 17.2. The first-order chi connectivity index (χ1) is 13.3. The van der Waals surface area contributed by atoms with Gasteiger partial charge in [0.2, 0.25) is 10.0 Å². The van der Waals surface area contributed by atoms with Crippen LogP contribution in [-0.4, -0.2) is 66.2 Å². The van der Waals surface area contributed by atoms with Gasteiger partial charge in [0.25, 0.3) is 0 Å². The topological polar surface area (TPSA) is 144 Å². The van der Waals surface area contributed by atoms with Gasteiger partial charge in [-0.1, -0.05) is 12.8 Å². The van der Waals surface area contributed by atoms with E-state index in [4.69, 9.17) is 14.2 Å². The van der Waals surface area contributed by atoms with Gasteiger partial charge in [0.1, 0.15) is 18.7 Å². The van der Waals surface area contributed by atoms with Gasteiger partial charge < -0.3 is 19.5 Å². The molecule has 2 rings (SSSR count). The summed E-state index contributed by atoms with van der Waals surface area (Å²) in [4.78, 5) is 24.1. The normalized spacial score (nSPS) is 31.0. The lowest BCUT2D eigenvalue weighted by Crippen LogP contribution is -2.67. The van der Waals surface area contributed by atoms with Crippen molar-refractivity contribution in [1.29, 1.82) is 0 Å². The lowest BCUT2D eigenvalue weighted by atomic mass is 9.80. The molecular weight excluding hydrogens is 392 g/mol. The maximum absolute atomic E-state index is 12.4. The first kappa shape index (κ1) is 22.8. The second kappa shape index (κ2) is 10.3. The molecule has 2 fully saturated rings. The van der Waals surface area contributed by atoms with Crippen molar-refractivity contribution in [3.05, 3.63) is 0 Å². The van der Waals surface area contributed by atoms with Gasteiger partial charge in [-0.15, -0.1) is 0 Å². The number of hydrogen-bond acceptors (Lipinski definition) is 9. The first-order valence-corrected chi connectivity index (χ1v) is 10.9. The summed E-state index contributed by atoms with van der Waals surface area (Å²) in [7, 11) is 0.385. The van der Waals surface area contributed by atoms with Gasteiger partial charge in [-0.2, -0.15) is 0 Å². The van der Waals surface area contributed by atoms with Crippen molar-refractivity contribution in [2.45, 2.75) is 50.8 Å². The monoisotopic (exact) mass is 422 g/mol. The number of rotatable bonds is 7. The zero-order chi connectivity index (χ0) is 20.7. The zero-order valence-electron chi connectivity index (χ0n) is 16.4. The Hall–Kier alpha value is -1.47. The minimum absolute atomic E-state index is 0.312. The minimum atomic E-state index is -3.93. The largest absolute Gasteiger partial charge is 0.469 e. The Morgan fingerprint density at radius 3 is 2.21 bits per heavy atom. The molecular formula is C16H30N4O7S. The van der Waals surface area contributed by atoms with E-state index in [-0.39, 0.29) is 24.1 Å². The molecule has 1 saturated carbocycles. The smallest absolute Gasteiger partial charge is 0.330 e. The van der Waals surface area contributed by atoms with E-state index in [1.807, 2.05) is 4.72 Å². The summed E-state index contributed by atoms with van der Waals surface area (Å²) in [5, 5.41) is 8.39. The number of esters is 1. The van der Waals surface area contributed by atoms with Crippen LogP contribution in [0.4, 0.5) is 4.79 Å². The third kappa shape index (κ3) is 6.55. The second-order valence-corrected chi connectivity index (χ2v) is 8.75. The maximum Gasteiger partial charge on any atom is 0.330 e. The molecule has 0 spiro atoms. The van der Waals surface area contributed by atoms with E-state index in [2.05, 4.69) is 16.0 Å². The van der Waals surface area contributed by atoms with Crippen LogP contribution in [0.2, 0.25) is 0 Å². The molecule has 1 aliphatic carbocycles. The molecule has 28 heavy (non-hydrogen) atoms. The first-order valence-electron chi connectivity index (χ1n) is 9.24. The predicted molar refractivity (Wildman–Crippen MR) is 99.2 cm³/mol. The van der Waals surface area contributed by atoms with Crippen molar-refractivity contribution < 1.29 is 32.2 Å². The van der Waals surface area contributed by atoms with Crippen molar-refractivity contribution in [1.82, 2.24) is 20.7 Å². The predicted octanol–water partition coefficient (Wildman–Crippen LogP) is -0.594. The van der Waals surface area contributed by atoms with Gasteiger partial charge >= 0.3 is 12.0 Å². The van der Waals surface area contributed by atoms with Gasteiger partial charge in [-0.3, -0.25) is 15.4 Å². The van der Waals surface area contributed by atoms with E-state index in [0.717, 1.165) is 12.8 Å². The van der Waals surface area contributed by atoms with Crippen LogP contribution in [0.15, 0.2) is 0 Å². The highest BCUT2D eigenvalue weighted by Crippen LogP contribution is 2.31. The fourth-order valence-corrected chi connectivity index (χ4v) is 5.04. The van der Waals surface area contributed by atoms with E-state index < -0.39 is 34.2 Å². The summed E-state index contributed by atoms with van der Waals surface area (Å²) in [6.07, 6.45) is 1.92. The van der Waals surface area contributed by atoms with E-state index in [0.29, 0.717) is 19.3 Å². The second-order valence-electron chi connectivity index (χ2n) is 6.98. The lowest BCUT2D eigenvalue weighted by molar-refractivity contribution is -0.148. The fourth-order valence-electron chi connectivity index (χ4n) is 3.66. The molecule has 11 nitrogen and oxygen atoms in total. The lowest BCUT2D eigenvalue weighted by Gasteiger charge is -2.36. The number of amides is 2. The number of urea groups is 1. The van der Waals surface area contributed by atoms with Crippen LogP contribution >= 0.6 is 0 Å². The van der Waals surface area contributed by atoms with Crippen LogP contribution in [0.1, 0.15) is 32.1 Å². The molecule has 0 bridgehead atoms. The highest BCUT2D eigenvalue weighted by Gasteiger charge is 2.35. The van der Waals surface area contributed by atoms with Crippen molar-refractivity contribution in [3.63, 3.8) is 0 Å². The third-order valence-corrected chi connectivity index (χ3v) is 6.44. The van der Waals surface area contributed by atoms with Crippen LogP contribution in [0.3, 0.4) is 0 Å². The molecule has 1 aliphatic heterocycles. The summed E-state index contributed by atoms with van der Waals surface area (Å²) in [5.41, 5.74) is 0. The van der Waals surface area contributed by atoms with Crippen molar-refractivity contribution >= 4 is 22.0 Å². The van der Waals surface area contributed by atoms with Gasteiger partial charge in [-0.05, 0) is 18.8 Å². The molecule has 12 heteroatoms. The quantitative estimate of drug-likeness (QED) is 0.396. The Morgan fingerprint density at radius 2 is 1.64 bits per heavy atom. The molecule has 1 saturated heterocycles. The van der Waals surface area contributed by atoms with Gasteiger partial charge in [0.05, 0.1) is 18.8 Å². The van der Waals surface area contributed by atoms with E-state index in [1.54, 1.807) is 0 Å². The molecule has 162 valence electrons. The minimum Gasteiger partial charge on any atom is -0.469 e. The maximum atomic E-state index is 12.4. The number of carbonyl (C=O) groups excluding carboxylic acids is 2. The highest BCUT2D eigenvalue weighted by atomic mass is 32.2. The molecule has 4 atom stereocenters. The number of methoxy groups -OCH3 is 3. The highest BCUT2D eigenvalue weighted by molar-refractivity contribution is 7.90. The molecule has 0 aromatic rings. The van der Waals surface area contributed by atoms with Crippen molar-refractivity contribution in [3.8, 4) is 0 Å². The number of ether oxygens (including phenoxy) is 3. The Labute approximate surface area is 165 Å². The molecule has 1 heterocycles. The number of hydrogen-bond donors (Lipinski definition) is 4. The molecule has 0 radical (unpaired) electrons. The average Bonchev–Trinajstić information content (AvgIpc) is 2.66. The number of nitrogens with one attached hydrogen (secondary N) is 4. The van der Waals surface area contributed by atoms with Crippen LogP contribution in [0.5, 0.6) is 0 Å². The van der Waals surface area contributed by atoms with Gasteiger partial charge in [0, 0.05) is 20.6 Å². The summed E-state index contributed by atoms with van der Waals surface area (Å²) < 4.78 is 42.1. The summed E-state index contributed by atoms with van der Waals surface area (Å²) in [6, 6.07) is -0.887. The molecule has 2 aliphatic rings. The van der Waals surface area contributed by atoms with Crippen LogP contribution in [0.25, 0.3) is 0 Å². The Bertz CT molecular complexity index is 633. The Kier molecular flexibility index (Phi) is 8.43. The Morgan fingerprint density at radius 1 is 1.04 bits per heavy atom. The van der Waals surface area contributed by atoms with Crippen molar-refractivity contribution in [2.75, 3.05) is 27.1 Å². The van der Waals surface area contributed by atoms with Gasteiger partial charge in [-0.25, -0.2) is 17.9 Å². The number of sulfonamides is 1. The van der Waals surface area contributed by atoms with E-state index in [1.165, 1.54) is 21.3 Å².